The third-order valence-electron chi connectivity index (χ3n) is 0.422. The van der Waals surface area contributed by atoms with Crippen LogP contribution < -0.4 is 0 Å². The van der Waals surface area contributed by atoms with Gasteiger partial charge in [0.1, 0.15) is 0 Å². The van der Waals surface area contributed by atoms with Crippen LogP contribution in [0.25, 0.3) is 0 Å². The third-order valence-corrected chi connectivity index (χ3v) is 0.422. The Bertz CT molecular complexity index is 165. The summed E-state index contributed by atoms with van der Waals surface area (Å²) in [5.41, 5.74) is 0. The molecule has 0 atom stereocenters. The Hall–Kier alpha value is -1.06. The first-order chi connectivity index (χ1) is 5.71. The van der Waals surface area contributed by atoms with Crippen LogP contribution in [0.5, 0.6) is 0 Å². The van der Waals surface area contributed by atoms with Crippen molar-refractivity contribution < 1.29 is 37.8 Å². The molecule has 5 nitrogen and oxygen atoms in total. The van der Waals surface area contributed by atoms with Crippen molar-refractivity contribution in [1.29, 1.82) is 0 Å². The van der Waals surface area contributed by atoms with Gasteiger partial charge in [-0.1, -0.05) is 6.58 Å². The molecule has 13 heavy (non-hydrogen) atoms. The van der Waals surface area contributed by atoms with E-state index in [4.69, 9.17) is 15.1 Å². The number of halogens is 3. The zero-order valence-corrected chi connectivity index (χ0v) is 6.15. The highest BCUT2D eigenvalue weighted by Gasteiger charge is 2.40. The molecule has 0 aromatic rings. The second-order valence-electron chi connectivity index (χ2n) is 1.42. The molecule has 0 radical (unpaired) electrons. The van der Waals surface area contributed by atoms with Crippen molar-refractivity contribution in [2.24, 2.45) is 0 Å². The smallest absolute Gasteiger partial charge is 0.428 e. The lowest BCUT2D eigenvalue weighted by molar-refractivity contribution is -0.193. The van der Waals surface area contributed by atoms with Gasteiger partial charge in [0.25, 0.3) is 0 Å². The zero-order chi connectivity index (χ0) is 11.1. The fourth-order valence-corrected chi connectivity index (χ4v) is 0.143. The summed E-state index contributed by atoms with van der Waals surface area (Å²) in [7, 11) is -2.17. The van der Waals surface area contributed by atoms with Crippen LogP contribution in [0, 0.1) is 0 Å². The highest BCUT2D eigenvalue weighted by Crippen LogP contribution is 2.15. The summed E-state index contributed by atoms with van der Waals surface area (Å²) in [5, 5.41) is 21.5. The van der Waals surface area contributed by atoms with E-state index in [1.807, 2.05) is 0 Å². The van der Waals surface area contributed by atoms with Gasteiger partial charge in [0.2, 0.25) is 0 Å². The van der Waals surface area contributed by atoms with Crippen LogP contribution in [0.15, 0.2) is 12.8 Å². The van der Waals surface area contributed by atoms with Crippen LogP contribution in [0.3, 0.4) is 0 Å². The lowest BCUT2D eigenvalue weighted by atomic mass is 10.3. The topological polar surface area (TPSA) is 87.0 Å². The Kier molecular flexibility index (Phi) is 7.19. The van der Waals surface area contributed by atoms with E-state index < -0.39 is 19.5 Å². The number of esters is 1. The highest BCUT2D eigenvalue weighted by atomic mass is 19.4. The summed E-state index contributed by atoms with van der Waals surface area (Å²) in [5.74, 6) is -2.25. The molecule has 0 spiro atoms. The van der Waals surface area contributed by atoms with Crippen LogP contribution in [-0.2, 0) is 9.53 Å². The number of carbonyl (C=O) groups is 1. The Morgan fingerprint density at radius 1 is 1.38 bits per heavy atom. The van der Waals surface area contributed by atoms with Gasteiger partial charge in [0.05, 0.1) is 6.26 Å². The van der Waals surface area contributed by atoms with Gasteiger partial charge in [-0.25, -0.2) is 4.79 Å². The molecule has 0 aliphatic heterocycles. The molecular weight excluding hydrogens is 196 g/mol. The second-order valence-corrected chi connectivity index (χ2v) is 1.42. The van der Waals surface area contributed by atoms with Crippen LogP contribution in [0.4, 0.5) is 13.2 Å². The molecule has 0 aromatic carbocycles. The van der Waals surface area contributed by atoms with E-state index in [0.717, 1.165) is 0 Å². The molecule has 0 aliphatic rings. The van der Waals surface area contributed by atoms with E-state index in [2.05, 4.69) is 11.3 Å². The predicted molar refractivity (Wildman–Crippen MR) is 34.8 cm³/mol. The number of hydrogen-bond donors (Lipinski definition) is 3. The molecule has 9 heteroatoms. The molecule has 0 amide bonds. The molecule has 0 saturated heterocycles. The van der Waals surface area contributed by atoms with Gasteiger partial charge in [-0.15, -0.1) is 0 Å². The molecule has 0 aliphatic carbocycles. The molecule has 0 aromatic heterocycles. The van der Waals surface area contributed by atoms with E-state index in [9.17, 15) is 18.0 Å². The molecular formula is C4H6BF3O5. The van der Waals surface area contributed by atoms with Crippen molar-refractivity contribution in [3.63, 3.8) is 0 Å². The average molecular weight is 202 g/mol. The fourth-order valence-electron chi connectivity index (χ4n) is 0.143. The van der Waals surface area contributed by atoms with Crippen molar-refractivity contribution >= 4 is 13.3 Å². The quantitative estimate of drug-likeness (QED) is 0.294. The summed E-state index contributed by atoms with van der Waals surface area (Å²) in [6.07, 6.45) is -4.50. The molecule has 0 bridgehead atoms. The summed E-state index contributed by atoms with van der Waals surface area (Å²) in [6, 6.07) is 0. The maximum atomic E-state index is 11.1. The maximum Gasteiger partial charge on any atom is 0.631 e. The zero-order valence-electron chi connectivity index (χ0n) is 6.15. The van der Waals surface area contributed by atoms with Crippen LogP contribution >= 0.6 is 0 Å². The van der Waals surface area contributed by atoms with Gasteiger partial charge < -0.3 is 19.8 Å². The second kappa shape index (κ2) is 6.46. The first-order valence-corrected chi connectivity index (χ1v) is 2.64. The summed E-state index contributed by atoms with van der Waals surface area (Å²) < 4.78 is 36.7. The normalized spacial score (nSPS) is 9.38. The Morgan fingerprint density at radius 2 is 1.69 bits per heavy atom. The average Bonchev–Trinajstić information content (AvgIpc) is 1.84. The van der Waals surface area contributed by atoms with Crippen molar-refractivity contribution in [3.8, 4) is 0 Å². The lowest BCUT2D eigenvalue weighted by Crippen LogP contribution is -2.23. The number of rotatable bonds is 1. The Morgan fingerprint density at radius 3 is 1.77 bits per heavy atom. The number of ether oxygens (including phenoxy) is 1. The molecule has 3 N–H and O–H groups in total. The standard InChI is InChI=1S/C4H3F3O2.BH3O3/c1-2-9-3(8)4(5,6)7;2-1(3)4/h2H,1H2;2-4H. The molecule has 0 fully saturated rings. The van der Waals surface area contributed by atoms with Crippen LogP contribution in [0.1, 0.15) is 0 Å². The summed E-state index contributed by atoms with van der Waals surface area (Å²) in [6.45, 7) is 2.77. The van der Waals surface area contributed by atoms with Gasteiger partial charge in [-0.05, 0) is 0 Å². The van der Waals surface area contributed by atoms with Gasteiger partial charge in [-0.3, -0.25) is 0 Å². The van der Waals surface area contributed by atoms with E-state index in [-0.39, 0.29) is 0 Å². The Labute approximate surface area is 71.2 Å². The largest absolute Gasteiger partial charge is 0.631 e. The maximum absolute atomic E-state index is 11.1. The van der Waals surface area contributed by atoms with E-state index in [1.54, 1.807) is 0 Å². The van der Waals surface area contributed by atoms with Crippen LogP contribution in [0.2, 0.25) is 0 Å². The summed E-state index contributed by atoms with van der Waals surface area (Å²) in [4.78, 5) is 9.65. The van der Waals surface area contributed by atoms with Gasteiger partial charge in [0, 0.05) is 0 Å². The molecule has 0 unspecified atom stereocenters. The van der Waals surface area contributed by atoms with E-state index >= 15 is 0 Å². The highest BCUT2D eigenvalue weighted by molar-refractivity contribution is 6.30. The Balaban J connectivity index is 0. The SMILES string of the molecule is C=COC(=O)C(F)(F)F.OB(O)O. The molecule has 0 saturated carbocycles. The van der Waals surface area contributed by atoms with Crippen molar-refractivity contribution in [2.75, 3.05) is 0 Å². The fraction of sp³-hybridized carbons (Fsp3) is 0.250. The summed E-state index contributed by atoms with van der Waals surface area (Å²) >= 11 is 0. The van der Waals surface area contributed by atoms with Crippen molar-refractivity contribution in [1.82, 2.24) is 0 Å². The minimum absolute atomic E-state index is 0.426. The van der Waals surface area contributed by atoms with E-state index in [0.29, 0.717) is 6.26 Å². The number of alkyl halides is 3. The number of carbonyl (C=O) groups excluding carboxylic acids is 1. The molecule has 0 rings (SSSR count). The van der Waals surface area contributed by atoms with E-state index in [1.165, 1.54) is 0 Å². The minimum atomic E-state index is -4.92. The van der Waals surface area contributed by atoms with Gasteiger partial charge >= 0.3 is 19.5 Å². The van der Waals surface area contributed by atoms with Gasteiger partial charge in [-0.2, -0.15) is 13.2 Å². The molecule has 76 valence electrons. The number of hydrogen-bond acceptors (Lipinski definition) is 5. The van der Waals surface area contributed by atoms with Crippen LogP contribution in [-0.4, -0.2) is 34.5 Å². The monoisotopic (exact) mass is 202 g/mol. The third kappa shape index (κ3) is 13.9. The van der Waals surface area contributed by atoms with Gasteiger partial charge in [0.15, 0.2) is 0 Å². The molecule has 0 heterocycles. The minimum Gasteiger partial charge on any atom is -0.428 e. The lowest BCUT2D eigenvalue weighted by Gasteiger charge is -2.00. The van der Waals surface area contributed by atoms with Crippen molar-refractivity contribution in [3.05, 3.63) is 12.8 Å². The van der Waals surface area contributed by atoms with Crippen molar-refractivity contribution in [2.45, 2.75) is 6.18 Å². The predicted octanol–water partition coefficient (Wildman–Crippen LogP) is -0.816. The first kappa shape index (κ1) is 14.5. The first-order valence-electron chi connectivity index (χ1n) is 2.64.